The molecule has 0 aromatic heterocycles. The van der Waals surface area contributed by atoms with Crippen LogP contribution in [-0.4, -0.2) is 13.0 Å². The molecule has 2 aromatic rings. The first-order valence-corrected chi connectivity index (χ1v) is 7.38. The Morgan fingerprint density at radius 3 is 2.32 bits per heavy atom. The fraction of sp³-hybridized carbons (Fsp3) is 0.286. The maximum Gasteiger partial charge on any atom is 1.00 e. The fourth-order valence-corrected chi connectivity index (χ4v) is 3.01. The van der Waals surface area contributed by atoms with Crippen molar-refractivity contribution in [3.05, 3.63) is 41.5 Å². The van der Waals surface area contributed by atoms with Crippen molar-refractivity contribution >= 4 is 20.9 Å². The van der Waals surface area contributed by atoms with Gasteiger partial charge < -0.3 is 4.55 Å². The molecule has 3 nitrogen and oxygen atoms in total. The molecule has 0 atom stereocenters. The van der Waals surface area contributed by atoms with Gasteiger partial charge in [0.2, 0.25) is 0 Å². The molecule has 0 aliphatic rings. The Morgan fingerprint density at radius 2 is 1.79 bits per heavy atom. The van der Waals surface area contributed by atoms with Gasteiger partial charge in [-0.25, -0.2) is 8.42 Å². The molecule has 0 radical (unpaired) electrons. The molecule has 0 fully saturated rings. The molecule has 2 aromatic carbocycles. The molecule has 2 rings (SSSR count). The predicted molar refractivity (Wildman–Crippen MR) is 70.7 cm³/mol. The summed E-state index contributed by atoms with van der Waals surface area (Å²) in [6, 6.07) is 9.06. The second-order valence-corrected chi connectivity index (χ2v) is 5.62. The summed E-state index contributed by atoms with van der Waals surface area (Å²) in [7, 11) is -4.44. The van der Waals surface area contributed by atoms with Crippen LogP contribution >= 0.6 is 0 Å². The Labute approximate surface area is 136 Å². The summed E-state index contributed by atoms with van der Waals surface area (Å²) in [5.74, 6) is 0. The third-order valence-electron chi connectivity index (χ3n) is 3.15. The monoisotopic (exact) mass is 286 g/mol. The molecule has 0 heterocycles. The topological polar surface area (TPSA) is 57.2 Å². The maximum atomic E-state index is 11.4. The van der Waals surface area contributed by atoms with Gasteiger partial charge in [0.1, 0.15) is 10.1 Å². The third-order valence-corrected chi connectivity index (χ3v) is 4.01. The van der Waals surface area contributed by atoms with E-state index >= 15 is 0 Å². The zero-order valence-corrected chi connectivity index (χ0v) is 14.3. The van der Waals surface area contributed by atoms with Crippen LogP contribution in [0.2, 0.25) is 0 Å². The van der Waals surface area contributed by atoms with Crippen LogP contribution in [0.4, 0.5) is 0 Å². The number of rotatable bonds is 3. The molecule has 0 aliphatic heterocycles. The van der Waals surface area contributed by atoms with Crippen molar-refractivity contribution in [1.82, 2.24) is 0 Å². The van der Waals surface area contributed by atoms with Crippen molar-refractivity contribution in [1.29, 1.82) is 0 Å². The summed E-state index contributed by atoms with van der Waals surface area (Å²) in [5, 5.41) is 1.40. The van der Waals surface area contributed by atoms with Crippen LogP contribution in [0.25, 0.3) is 10.8 Å². The quantitative estimate of drug-likeness (QED) is 0.583. The van der Waals surface area contributed by atoms with E-state index in [1.165, 1.54) is 6.07 Å². The van der Waals surface area contributed by atoms with E-state index in [1.54, 1.807) is 0 Å². The summed E-state index contributed by atoms with van der Waals surface area (Å²) in [6.07, 6.45) is 1.40. The van der Waals surface area contributed by atoms with Crippen LogP contribution in [0.3, 0.4) is 0 Å². The Morgan fingerprint density at radius 1 is 1.11 bits per heavy atom. The fourth-order valence-electron chi connectivity index (χ4n) is 2.22. The van der Waals surface area contributed by atoms with Gasteiger partial charge in [0.15, 0.2) is 0 Å². The second-order valence-electron chi connectivity index (χ2n) is 4.27. The summed E-state index contributed by atoms with van der Waals surface area (Å²) >= 11 is 0. The second kappa shape index (κ2) is 6.37. The van der Waals surface area contributed by atoms with E-state index in [0.29, 0.717) is 18.2 Å². The van der Waals surface area contributed by atoms with Crippen LogP contribution in [-0.2, 0) is 23.0 Å². The first-order chi connectivity index (χ1) is 8.47. The van der Waals surface area contributed by atoms with Crippen LogP contribution in [0, 0.1) is 0 Å². The van der Waals surface area contributed by atoms with Gasteiger partial charge in [-0.05, 0) is 35.4 Å². The molecule has 0 N–H and O–H groups in total. The number of benzene rings is 2. The van der Waals surface area contributed by atoms with E-state index in [1.807, 2.05) is 38.1 Å². The van der Waals surface area contributed by atoms with Gasteiger partial charge in [-0.15, -0.1) is 0 Å². The van der Waals surface area contributed by atoms with Crippen LogP contribution in [0.1, 0.15) is 25.0 Å². The zero-order valence-electron chi connectivity index (χ0n) is 11.4. The first-order valence-electron chi connectivity index (χ1n) is 5.97. The molecule has 0 spiro atoms. The van der Waals surface area contributed by atoms with E-state index in [9.17, 15) is 13.0 Å². The summed E-state index contributed by atoms with van der Waals surface area (Å²) in [4.78, 5) is -0.0886. The first kappa shape index (κ1) is 16.7. The minimum Gasteiger partial charge on any atom is -0.744 e. The molecule has 0 amide bonds. The van der Waals surface area contributed by atoms with Crippen molar-refractivity contribution in [3.8, 4) is 0 Å². The molecule has 0 aliphatic carbocycles. The largest absolute Gasteiger partial charge is 1.00 e. The van der Waals surface area contributed by atoms with Gasteiger partial charge in [0, 0.05) is 5.39 Å². The minimum absolute atomic E-state index is 0. The molecular weight excluding hydrogens is 271 g/mol. The maximum absolute atomic E-state index is 11.4. The van der Waals surface area contributed by atoms with E-state index in [2.05, 4.69) is 0 Å². The SMILES string of the molecule is CCc1cc(S(=O)(=O)[O-])c2c(CC)cccc2c1.[Na+]. The average molecular weight is 286 g/mol. The molecule has 0 saturated heterocycles. The smallest absolute Gasteiger partial charge is 0.744 e. The van der Waals surface area contributed by atoms with Gasteiger partial charge in [0.05, 0.1) is 4.90 Å². The summed E-state index contributed by atoms with van der Waals surface area (Å²) < 4.78 is 34.3. The standard InChI is InChI=1S/C14H16O3S.Na/c1-3-10-8-12-7-5-6-11(4-2)14(12)13(9-10)18(15,16)17;/h5-9H,3-4H2,1-2H3,(H,15,16,17);/q;+1/p-1. The van der Waals surface area contributed by atoms with Gasteiger partial charge in [0.25, 0.3) is 0 Å². The van der Waals surface area contributed by atoms with E-state index in [0.717, 1.165) is 16.5 Å². The van der Waals surface area contributed by atoms with Crippen molar-refractivity contribution in [3.63, 3.8) is 0 Å². The van der Waals surface area contributed by atoms with Crippen LogP contribution in [0.15, 0.2) is 35.2 Å². The number of hydrogen-bond donors (Lipinski definition) is 0. The number of aryl methyl sites for hydroxylation is 2. The summed E-state index contributed by atoms with van der Waals surface area (Å²) in [5.41, 5.74) is 1.76. The minimum atomic E-state index is -4.44. The van der Waals surface area contributed by atoms with E-state index in [4.69, 9.17) is 0 Å². The van der Waals surface area contributed by atoms with Gasteiger partial charge >= 0.3 is 29.6 Å². The zero-order chi connectivity index (χ0) is 13.3. The Balaban J connectivity index is 0.00000180. The number of fused-ring (bicyclic) bond motifs is 1. The predicted octanol–water partition coefficient (Wildman–Crippen LogP) is -0.127. The average Bonchev–Trinajstić information content (AvgIpc) is 2.35. The normalized spacial score (nSPS) is 11.3. The molecule has 0 saturated carbocycles. The number of hydrogen-bond acceptors (Lipinski definition) is 3. The molecule has 0 bridgehead atoms. The van der Waals surface area contributed by atoms with Crippen LogP contribution < -0.4 is 29.6 Å². The molecule has 19 heavy (non-hydrogen) atoms. The molecule has 96 valence electrons. The molecule has 5 heteroatoms. The van der Waals surface area contributed by atoms with Crippen molar-refractivity contribution in [2.24, 2.45) is 0 Å². The van der Waals surface area contributed by atoms with Crippen molar-refractivity contribution < 1.29 is 42.5 Å². The van der Waals surface area contributed by atoms with Gasteiger partial charge in [-0.2, -0.15) is 0 Å². The Hall–Kier alpha value is -0.390. The molecule has 0 unspecified atom stereocenters. The van der Waals surface area contributed by atoms with Crippen molar-refractivity contribution in [2.75, 3.05) is 0 Å². The summed E-state index contributed by atoms with van der Waals surface area (Å²) in [6.45, 7) is 3.88. The van der Waals surface area contributed by atoms with E-state index < -0.39 is 10.1 Å². The van der Waals surface area contributed by atoms with Gasteiger partial charge in [-0.3, -0.25) is 0 Å². The van der Waals surface area contributed by atoms with Crippen molar-refractivity contribution in [2.45, 2.75) is 31.6 Å². The third kappa shape index (κ3) is 3.38. The Kier molecular flexibility index (Phi) is 5.59. The van der Waals surface area contributed by atoms with Crippen LogP contribution in [0.5, 0.6) is 0 Å². The molecular formula is C14H15NaO3S. The van der Waals surface area contributed by atoms with Gasteiger partial charge in [-0.1, -0.05) is 38.1 Å². The van der Waals surface area contributed by atoms with E-state index in [-0.39, 0.29) is 34.5 Å². The Bertz CT molecular complexity index is 693.